The van der Waals surface area contributed by atoms with Gasteiger partial charge in [0.1, 0.15) is 4.90 Å². The molecule has 3 aromatic rings. The van der Waals surface area contributed by atoms with Crippen molar-refractivity contribution >= 4 is 33.2 Å². The normalized spacial score (nSPS) is 12.3. The zero-order chi connectivity index (χ0) is 23.6. The molecule has 0 radical (unpaired) electrons. The minimum atomic E-state index is -3.97. The minimum absolute atomic E-state index is 0.0409. The average molecular weight is 471 g/mol. The van der Waals surface area contributed by atoms with Crippen LogP contribution < -0.4 is 10.0 Å². The van der Waals surface area contributed by atoms with E-state index in [9.17, 15) is 13.2 Å². The van der Waals surface area contributed by atoms with E-state index >= 15 is 0 Å². The Hall–Kier alpha value is -2.83. The van der Waals surface area contributed by atoms with Crippen LogP contribution in [0.1, 0.15) is 51.1 Å². The molecule has 0 saturated carbocycles. The molecule has 3 rings (SSSR count). The number of aryl methyl sites for hydroxylation is 4. The largest absolute Gasteiger partial charge is 0.346 e. The molecule has 3 aromatic carbocycles. The summed E-state index contributed by atoms with van der Waals surface area (Å²) in [6.07, 6.45) is 0. The fourth-order valence-corrected chi connectivity index (χ4v) is 5.07. The van der Waals surface area contributed by atoms with Crippen LogP contribution in [0.4, 0.5) is 5.69 Å². The fraction of sp³-hybridized carbons (Fsp3) is 0.240. The number of benzene rings is 3. The molecule has 7 heteroatoms. The number of rotatable bonds is 6. The van der Waals surface area contributed by atoms with E-state index in [2.05, 4.69) is 29.1 Å². The molecule has 0 aromatic heterocycles. The topological polar surface area (TPSA) is 75.3 Å². The Morgan fingerprint density at radius 3 is 2.16 bits per heavy atom. The van der Waals surface area contributed by atoms with Gasteiger partial charge < -0.3 is 5.32 Å². The summed E-state index contributed by atoms with van der Waals surface area (Å²) in [5, 5.41) is 3.00. The molecular formula is C25H27ClN2O3S. The first kappa shape index (κ1) is 23.8. The first-order valence-electron chi connectivity index (χ1n) is 10.3. The van der Waals surface area contributed by atoms with Crippen LogP contribution in [0.2, 0.25) is 5.02 Å². The van der Waals surface area contributed by atoms with Gasteiger partial charge in [-0.2, -0.15) is 0 Å². The zero-order valence-corrected chi connectivity index (χ0v) is 20.4. The first-order chi connectivity index (χ1) is 15.0. The summed E-state index contributed by atoms with van der Waals surface area (Å²) in [5.41, 5.74) is 6.09. The first-order valence-corrected chi connectivity index (χ1v) is 12.1. The molecule has 0 aliphatic rings. The molecule has 0 heterocycles. The SMILES string of the molecule is Cc1ccc(NS(=O)(=O)c2cc(C(=O)N[C@H](C)c3cc(C)c(C)cc3C)ccc2Cl)cc1. The summed E-state index contributed by atoms with van der Waals surface area (Å²) < 4.78 is 28.3. The molecule has 0 bridgehead atoms. The van der Waals surface area contributed by atoms with Gasteiger partial charge in [-0.3, -0.25) is 9.52 Å². The fourth-order valence-electron chi connectivity index (χ4n) is 3.49. The smallest absolute Gasteiger partial charge is 0.263 e. The summed E-state index contributed by atoms with van der Waals surface area (Å²) in [7, 11) is -3.97. The maximum absolute atomic E-state index is 12.9. The number of nitrogens with one attached hydrogen (secondary N) is 2. The second-order valence-corrected chi connectivity index (χ2v) is 10.2. The van der Waals surface area contributed by atoms with Crippen LogP contribution >= 0.6 is 11.6 Å². The summed E-state index contributed by atoms with van der Waals surface area (Å²) in [5.74, 6) is -0.376. The van der Waals surface area contributed by atoms with Crippen molar-refractivity contribution in [3.63, 3.8) is 0 Å². The molecule has 0 saturated heterocycles. The molecule has 32 heavy (non-hydrogen) atoms. The van der Waals surface area contributed by atoms with Gasteiger partial charge in [-0.05, 0) is 87.2 Å². The van der Waals surface area contributed by atoms with E-state index in [0.717, 1.165) is 22.3 Å². The van der Waals surface area contributed by atoms with Crippen LogP contribution in [-0.4, -0.2) is 14.3 Å². The van der Waals surface area contributed by atoms with E-state index in [4.69, 9.17) is 11.6 Å². The van der Waals surface area contributed by atoms with Gasteiger partial charge in [-0.25, -0.2) is 8.42 Å². The summed E-state index contributed by atoms with van der Waals surface area (Å²) in [6, 6.07) is 15.1. The molecule has 1 atom stereocenters. The van der Waals surface area contributed by atoms with E-state index in [1.54, 1.807) is 24.3 Å². The Morgan fingerprint density at radius 1 is 0.875 bits per heavy atom. The van der Waals surface area contributed by atoms with Crippen LogP contribution in [-0.2, 0) is 10.0 Å². The van der Waals surface area contributed by atoms with Crippen LogP contribution in [0.3, 0.4) is 0 Å². The van der Waals surface area contributed by atoms with Crippen molar-refractivity contribution in [2.24, 2.45) is 0 Å². The van der Waals surface area contributed by atoms with Gasteiger partial charge in [-0.15, -0.1) is 0 Å². The number of carbonyl (C=O) groups is 1. The number of anilines is 1. The van der Waals surface area contributed by atoms with Gasteiger partial charge in [0.25, 0.3) is 15.9 Å². The molecule has 2 N–H and O–H groups in total. The standard InChI is InChI=1S/C25H27ClN2O3S/c1-15-6-9-21(10-7-15)28-32(30,31)24-14-20(8-11-23(24)26)25(29)27-19(5)22-13-17(3)16(2)12-18(22)4/h6-14,19,28H,1-5H3,(H,27,29)/t19-/m1/s1. The number of halogens is 1. The maximum Gasteiger partial charge on any atom is 0.263 e. The number of sulfonamides is 1. The van der Waals surface area contributed by atoms with Crippen molar-refractivity contribution in [2.45, 2.75) is 45.6 Å². The van der Waals surface area contributed by atoms with E-state index < -0.39 is 10.0 Å². The van der Waals surface area contributed by atoms with Gasteiger partial charge in [0.2, 0.25) is 0 Å². The lowest BCUT2D eigenvalue weighted by Gasteiger charge is -2.19. The van der Waals surface area contributed by atoms with Gasteiger partial charge in [0, 0.05) is 11.3 Å². The predicted octanol–water partition coefficient (Wildman–Crippen LogP) is 5.87. The quantitative estimate of drug-likeness (QED) is 0.473. The summed E-state index contributed by atoms with van der Waals surface area (Å²) >= 11 is 6.18. The van der Waals surface area contributed by atoms with Gasteiger partial charge in [-0.1, -0.05) is 41.4 Å². The lowest BCUT2D eigenvalue weighted by Crippen LogP contribution is -2.27. The Morgan fingerprint density at radius 2 is 1.50 bits per heavy atom. The molecule has 0 fully saturated rings. The van der Waals surface area contributed by atoms with Crippen molar-refractivity contribution < 1.29 is 13.2 Å². The number of carbonyl (C=O) groups excluding carboxylic acids is 1. The predicted molar refractivity (Wildman–Crippen MR) is 130 cm³/mol. The zero-order valence-electron chi connectivity index (χ0n) is 18.8. The highest BCUT2D eigenvalue weighted by molar-refractivity contribution is 7.92. The molecule has 0 unspecified atom stereocenters. The Bertz CT molecular complexity index is 1270. The highest BCUT2D eigenvalue weighted by atomic mass is 35.5. The third kappa shape index (κ3) is 5.31. The van der Waals surface area contributed by atoms with Gasteiger partial charge in [0.05, 0.1) is 11.1 Å². The Kier molecular flexibility index (Phi) is 6.96. The van der Waals surface area contributed by atoms with Gasteiger partial charge in [0.15, 0.2) is 0 Å². The third-order valence-corrected chi connectivity index (χ3v) is 7.35. The average Bonchev–Trinajstić information content (AvgIpc) is 2.72. The number of amides is 1. The highest BCUT2D eigenvalue weighted by Gasteiger charge is 2.21. The van der Waals surface area contributed by atoms with Crippen LogP contribution in [0.5, 0.6) is 0 Å². The highest BCUT2D eigenvalue weighted by Crippen LogP contribution is 2.26. The lowest BCUT2D eigenvalue weighted by atomic mass is 9.96. The van der Waals surface area contributed by atoms with E-state index in [-0.39, 0.29) is 27.4 Å². The molecular weight excluding hydrogens is 444 g/mol. The van der Waals surface area contributed by atoms with Crippen molar-refractivity contribution in [3.05, 3.63) is 93.0 Å². The molecule has 5 nitrogen and oxygen atoms in total. The van der Waals surface area contributed by atoms with Crippen molar-refractivity contribution in [3.8, 4) is 0 Å². The van der Waals surface area contributed by atoms with E-state index in [1.807, 2.05) is 27.7 Å². The van der Waals surface area contributed by atoms with Crippen molar-refractivity contribution in [1.29, 1.82) is 0 Å². The molecule has 0 aliphatic carbocycles. The van der Waals surface area contributed by atoms with Crippen LogP contribution in [0, 0.1) is 27.7 Å². The maximum atomic E-state index is 12.9. The molecule has 1 amide bonds. The lowest BCUT2D eigenvalue weighted by molar-refractivity contribution is 0.0939. The number of hydrogen-bond acceptors (Lipinski definition) is 3. The molecule has 0 aliphatic heterocycles. The van der Waals surface area contributed by atoms with Crippen LogP contribution in [0.15, 0.2) is 59.5 Å². The molecule has 0 spiro atoms. The summed E-state index contributed by atoms with van der Waals surface area (Å²) in [6.45, 7) is 9.91. The Labute approximate surface area is 194 Å². The Balaban J connectivity index is 1.85. The second kappa shape index (κ2) is 9.35. The summed E-state index contributed by atoms with van der Waals surface area (Å²) in [4.78, 5) is 12.8. The van der Waals surface area contributed by atoms with Gasteiger partial charge >= 0.3 is 0 Å². The van der Waals surface area contributed by atoms with E-state index in [1.165, 1.54) is 23.8 Å². The van der Waals surface area contributed by atoms with Crippen molar-refractivity contribution in [1.82, 2.24) is 5.32 Å². The monoisotopic (exact) mass is 470 g/mol. The third-order valence-electron chi connectivity index (χ3n) is 5.48. The minimum Gasteiger partial charge on any atom is -0.346 e. The molecule has 168 valence electrons. The van der Waals surface area contributed by atoms with E-state index in [0.29, 0.717) is 5.69 Å². The second-order valence-electron chi connectivity index (χ2n) is 8.10. The number of hydrogen-bond donors (Lipinski definition) is 2. The van der Waals surface area contributed by atoms with Crippen molar-refractivity contribution in [2.75, 3.05) is 4.72 Å². The van der Waals surface area contributed by atoms with Crippen LogP contribution in [0.25, 0.3) is 0 Å².